The molecule has 11 rings (SSSR count). The molecule has 2 aliphatic rings. The van der Waals surface area contributed by atoms with Crippen LogP contribution >= 0.6 is 0 Å². The third-order valence-electron chi connectivity index (χ3n) is 10.5. The number of fused-ring (bicyclic) bond motifs is 12. The van der Waals surface area contributed by atoms with E-state index in [4.69, 9.17) is 0 Å². The van der Waals surface area contributed by atoms with E-state index in [0.717, 1.165) is 12.8 Å². The van der Waals surface area contributed by atoms with Gasteiger partial charge < -0.3 is 9.55 Å². The second kappa shape index (κ2) is 8.87. The van der Waals surface area contributed by atoms with Gasteiger partial charge in [-0.1, -0.05) is 91.0 Å². The number of para-hydroxylation sites is 1. The van der Waals surface area contributed by atoms with Gasteiger partial charge in [-0.2, -0.15) is 0 Å². The average Bonchev–Trinajstić information content (AvgIpc) is 3.77. The molecule has 0 saturated heterocycles. The SMILES string of the molecule is C1=Cc2c(ccc3[nH]c4ccc(-c5ccc6c(c5)c5c7cccc8c7c(cc5n6-c5ccccc5)-c5ccccc5-8)cc4c23)CC1.[HH]. The van der Waals surface area contributed by atoms with Crippen molar-refractivity contribution >= 4 is 60.5 Å². The lowest BCUT2D eigenvalue weighted by Gasteiger charge is -2.11. The molecule has 2 aromatic heterocycles. The van der Waals surface area contributed by atoms with Crippen LogP contribution in [0.4, 0.5) is 0 Å². The first-order valence-electron chi connectivity index (χ1n) is 16.3. The van der Waals surface area contributed by atoms with E-state index in [9.17, 15) is 0 Å². The van der Waals surface area contributed by atoms with Crippen molar-refractivity contribution in [1.29, 1.82) is 0 Å². The predicted octanol–water partition coefficient (Wildman–Crippen LogP) is 12.1. The Balaban J connectivity index is 0.00000285. The number of nitrogens with zero attached hydrogens (tertiary/aromatic N) is 1. The molecular weight excluding hydrogens is 556 g/mol. The van der Waals surface area contributed by atoms with Gasteiger partial charge in [0.1, 0.15) is 0 Å². The van der Waals surface area contributed by atoms with Crippen molar-refractivity contribution in [3.8, 4) is 39.1 Å². The van der Waals surface area contributed by atoms with Crippen molar-refractivity contribution in [2.75, 3.05) is 0 Å². The van der Waals surface area contributed by atoms with E-state index >= 15 is 0 Å². The summed E-state index contributed by atoms with van der Waals surface area (Å²) < 4.78 is 2.46. The summed E-state index contributed by atoms with van der Waals surface area (Å²) in [5.41, 5.74) is 16.7. The highest BCUT2D eigenvalue weighted by atomic mass is 15.0. The Morgan fingerprint density at radius 1 is 0.522 bits per heavy atom. The van der Waals surface area contributed by atoms with Crippen LogP contribution in [0.15, 0.2) is 133 Å². The molecule has 2 aliphatic carbocycles. The van der Waals surface area contributed by atoms with Gasteiger partial charge >= 0.3 is 0 Å². The zero-order valence-corrected chi connectivity index (χ0v) is 25.1. The molecule has 0 atom stereocenters. The molecule has 2 heteroatoms. The molecule has 7 aromatic carbocycles. The van der Waals surface area contributed by atoms with E-state index in [2.05, 4.69) is 149 Å². The zero-order chi connectivity index (χ0) is 29.9. The summed E-state index contributed by atoms with van der Waals surface area (Å²) >= 11 is 0. The largest absolute Gasteiger partial charge is 0.354 e. The maximum atomic E-state index is 3.69. The van der Waals surface area contributed by atoms with Crippen molar-refractivity contribution in [3.05, 3.63) is 145 Å². The third-order valence-corrected chi connectivity index (χ3v) is 10.5. The van der Waals surface area contributed by atoms with Gasteiger partial charge in [-0.15, -0.1) is 0 Å². The van der Waals surface area contributed by atoms with Crippen molar-refractivity contribution in [1.82, 2.24) is 9.55 Å². The molecule has 0 bridgehead atoms. The highest BCUT2D eigenvalue weighted by molar-refractivity contribution is 6.29. The van der Waals surface area contributed by atoms with E-state index in [1.807, 2.05) is 0 Å². The summed E-state index contributed by atoms with van der Waals surface area (Å²) in [5.74, 6) is 0. The number of rotatable bonds is 2. The fraction of sp³-hybridized carbons (Fsp3) is 0.0455. The number of H-pyrrole nitrogens is 1. The molecule has 216 valence electrons. The summed E-state index contributed by atoms with van der Waals surface area (Å²) in [7, 11) is 0. The van der Waals surface area contributed by atoms with Gasteiger partial charge in [-0.25, -0.2) is 0 Å². The van der Waals surface area contributed by atoms with Gasteiger partial charge in [0, 0.05) is 39.7 Å². The smallest absolute Gasteiger partial charge is 0.0553 e. The van der Waals surface area contributed by atoms with Crippen LogP contribution in [-0.4, -0.2) is 9.55 Å². The molecule has 0 radical (unpaired) electrons. The number of aromatic amines is 1. The fourth-order valence-corrected chi connectivity index (χ4v) is 8.50. The van der Waals surface area contributed by atoms with E-state index in [-0.39, 0.29) is 1.43 Å². The number of allylic oxidation sites excluding steroid dienone is 1. The van der Waals surface area contributed by atoms with Crippen LogP contribution in [0.1, 0.15) is 19.0 Å². The number of hydrogen-bond acceptors (Lipinski definition) is 0. The van der Waals surface area contributed by atoms with Crippen LogP contribution in [-0.2, 0) is 6.42 Å². The second-order valence-electron chi connectivity index (χ2n) is 12.9. The Kier molecular flexibility index (Phi) is 4.71. The topological polar surface area (TPSA) is 20.7 Å². The van der Waals surface area contributed by atoms with Gasteiger partial charge in [-0.3, -0.25) is 0 Å². The number of aryl methyl sites for hydroxylation is 1. The molecule has 46 heavy (non-hydrogen) atoms. The molecule has 0 saturated carbocycles. The predicted molar refractivity (Wildman–Crippen MR) is 197 cm³/mol. The number of benzene rings is 7. The standard InChI is InChI=1S/C44H28N2.H2/c1-2-10-29(11-3-1)46-40-22-19-28(27-18-20-38-36(23-27)43-30-12-5-4-9-26(30)17-21-39(43)45-38)24-37(40)44-34-16-8-15-33-31-13-6-7-14-32(31)35(42(33)34)25-41(44)46;/h1-3,5-8,10-25,45H,4,9H2;1H. The quantitative estimate of drug-likeness (QED) is 0.208. The summed E-state index contributed by atoms with van der Waals surface area (Å²) in [6.45, 7) is 0. The van der Waals surface area contributed by atoms with Gasteiger partial charge in [0.15, 0.2) is 0 Å². The molecule has 0 unspecified atom stereocenters. The maximum Gasteiger partial charge on any atom is 0.0553 e. The van der Waals surface area contributed by atoms with E-state index < -0.39 is 0 Å². The van der Waals surface area contributed by atoms with Gasteiger partial charge in [0.25, 0.3) is 0 Å². The van der Waals surface area contributed by atoms with E-state index in [0.29, 0.717) is 0 Å². The van der Waals surface area contributed by atoms with E-state index in [1.165, 1.54) is 105 Å². The normalized spacial score (nSPS) is 13.4. The Morgan fingerprint density at radius 2 is 1.28 bits per heavy atom. The minimum absolute atomic E-state index is 0. The van der Waals surface area contributed by atoms with Crippen LogP contribution in [0.5, 0.6) is 0 Å². The van der Waals surface area contributed by atoms with Gasteiger partial charge in [-0.05, 0) is 117 Å². The first kappa shape index (κ1) is 24.5. The summed E-state index contributed by atoms with van der Waals surface area (Å²) in [6.07, 6.45) is 6.87. The molecule has 0 fully saturated rings. The third kappa shape index (κ3) is 3.15. The van der Waals surface area contributed by atoms with Crippen molar-refractivity contribution in [3.63, 3.8) is 0 Å². The summed E-state index contributed by atoms with van der Waals surface area (Å²) in [6, 6.07) is 47.5. The molecule has 9 aromatic rings. The highest BCUT2D eigenvalue weighted by Gasteiger charge is 2.25. The number of aromatic nitrogens is 2. The molecule has 2 heterocycles. The highest BCUT2D eigenvalue weighted by Crippen LogP contribution is 2.51. The monoisotopic (exact) mass is 586 g/mol. The molecule has 0 aliphatic heterocycles. The molecule has 0 spiro atoms. The first-order valence-corrected chi connectivity index (χ1v) is 16.3. The minimum atomic E-state index is 0. The second-order valence-corrected chi connectivity index (χ2v) is 12.9. The van der Waals surface area contributed by atoms with Crippen molar-refractivity contribution in [2.24, 2.45) is 0 Å². The lowest BCUT2D eigenvalue weighted by atomic mass is 9.92. The van der Waals surface area contributed by atoms with Crippen molar-refractivity contribution in [2.45, 2.75) is 12.8 Å². The van der Waals surface area contributed by atoms with Crippen LogP contribution in [0, 0.1) is 0 Å². The lowest BCUT2D eigenvalue weighted by molar-refractivity contribution is 0.990. The Labute approximate surface area is 267 Å². The minimum Gasteiger partial charge on any atom is -0.354 e. The molecule has 0 amide bonds. The molecule has 2 nitrogen and oxygen atoms in total. The molecule has 1 N–H and O–H groups in total. The van der Waals surface area contributed by atoms with Crippen molar-refractivity contribution < 1.29 is 1.43 Å². The van der Waals surface area contributed by atoms with Crippen LogP contribution < -0.4 is 0 Å². The van der Waals surface area contributed by atoms with Crippen LogP contribution in [0.25, 0.3) is 99.5 Å². The maximum absolute atomic E-state index is 3.69. The van der Waals surface area contributed by atoms with E-state index in [1.54, 1.807) is 0 Å². The Hall–Kier alpha value is -5.86. The van der Waals surface area contributed by atoms with Crippen LogP contribution in [0.3, 0.4) is 0 Å². The van der Waals surface area contributed by atoms with Gasteiger partial charge in [0.05, 0.1) is 11.0 Å². The number of nitrogens with one attached hydrogen (secondary N) is 1. The average molecular weight is 587 g/mol. The summed E-state index contributed by atoms with van der Waals surface area (Å²) in [4.78, 5) is 3.69. The molecular formula is C44H30N2. The lowest BCUT2D eigenvalue weighted by Crippen LogP contribution is -1.94. The fourth-order valence-electron chi connectivity index (χ4n) is 8.50. The number of hydrogen-bond donors (Lipinski definition) is 1. The Morgan fingerprint density at radius 3 is 2.17 bits per heavy atom. The Bertz CT molecular complexity index is 2800. The zero-order valence-electron chi connectivity index (χ0n) is 25.1. The summed E-state index contributed by atoms with van der Waals surface area (Å²) in [5, 5.41) is 7.94. The first-order chi connectivity index (χ1) is 22.8. The van der Waals surface area contributed by atoms with Gasteiger partial charge in [0.2, 0.25) is 0 Å². The van der Waals surface area contributed by atoms with Crippen LogP contribution in [0.2, 0.25) is 0 Å².